The molecule has 0 radical (unpaired) electrons. The number of nitrogens with zero attached hydrogens (tertiary/aromatic N) is 1. The maximum absolute atomic E-state index is 13.2. The standard InChI is InChI=1S/C27H41NO6S/c1-15-9-8-10-27(7)22(34-27)12-20(16(2)11-19-14-35-18(4)28-19)33-23(30)13-21(29)26(5,6)25(32)17(3)24(15)31/h11,14-15,17,20-22,24,29,31H,8-10,12-13H2,1-7H3/b16-11+/t15?,17?,20?,21?,22-,24?,27+/m0/s1/i5+1/t15?,17?,20?,21?,22-,24?,26?,27+. The van der Waals surface area contributed by atoms with E-state index in [2.05, 4.69) is 11.9 Å². The number of aryl methyl sites for hydroxylation is 1. The summed E-state index contributed by atoms with van der Waals surface area (Å²) >= 11 is 1.56. The van der Waals surface area contributed by atoms with Gasteiger partial charge in [-0.05, 0) is 51.2 Å². The van der Waals surface area contributed by atoms with E-state index in [1.54, 1.807) is 32.1 Å². The summed E-state index contributed by atoms with van der Waals surface area (Å²) in [4.78, 5) is 30.6. The highest BCUT2D eigenvalue weighted by molar-refractivity contribution is 7.09. The van der Waals surface area contributed by atoms with Crippen LogP contribution in [0, 0.1) is 24.2 Å². The first kappa shape index (κ1) is 28.0. The van der Waals surface area contributed by atoms with Crippen molar-refractivity contribution >= 4 is 29.2 Å². The average molecular weight is 509 g/mol. The van der Waals surface area contributed by atoms with E-state index < -0.39 is 35.6 Å². The molecule has 0 spiro atoms. The zero-order chi connectivity index (χ0) is 26.1. The van der Waals surface area contributed by atoms with Crippen molar-refractivity contribution < 1.29 is 29.3 Å². The van der Waals surface area contributed by atoms with Crippen molar-refractivity contribution in [3.05, 3.63) is 21.7 Å². The first-order valence-electron chi connectivity index (χ1n) is 12.6. The third-order valence-electron chi connectivity index (χ3n) is 7.93. The van der Waals surface area contributed by atoms with Crippen LogP contribution < -0.4 is 0 Å². The molecular formula is C27H41NO6S. The molecule has 35 heavy (non-hydrogen) atoms. The smallest absolute Gasteiger partial charge is 0.309 e. The number of fused-ring (bicyclic) bond motifs is 1. The summed E-state index contributed by atoms with van der Waals surface area (Å²) in [5.41, 5.74) is 0.179. The van der Waals surface area contributed by atoms with Crippen LogP contribution in [-0.4, -0.2) is 57.0 Å². The topological polar surface area (TPSA) is 109 Å². The molecule has 2 aliphatic rings. The Morgan fingerprint density at radius 3 is 2.54 bits per heavy atom. The van der Waals surface area contributed by atoms with Gasteiger partial charge >= 0.3 is 5.97 Å². The Balaban J connectivity index is 1.85. The largest absolute Gasteiger partial charge is 0.458 e. The highest BCUT2D eigenvalue weighted by atomic mass is 32.1. The van der Waals surface area contributed by atoms with Gasteiger partial charge in [-0.3, -0.25) is 9.59 Å². The van der Waals surface area contributed by atoms with Gasteiger partial charge in [0.25, 0.3) is 0 Å². The van der Waals surface area contributed by atoms with Gasteiger partial charge in [0.15, 0.2) is 0 Å². The lowest BCUT2D eigenvalue weighted by Gasteiger charge is -2.34. The molecule has 3 rings (SSSR count). The summed E-state index contributed by atoms with van der Waals surface area (Å²) in [7, 11) is 0. The van der Waals surface area contributed by atoms with E-state index in [1.807, 2.05) is 32.2 Å². The van der Waals surface area contributed by atoms with Gasteiger partial charge in [-0.2, -0.15) is 0 Å². The van der Waals surface area contributed by atoms with E-state index in [1.165, 1.54) is 0 Å². The summed E-state index contributed by atoms with van der Waals surface area (Å²) in [5, 5.41) is 24.6. The molecule has 8 atom stereocenters. The van der Waals surface area contributed by atoms with Gasteiger partial charge < -0.3 is 19.7 Å². The van der Waals surface area contributed by atoms with Crippen molar-refractivity contribution in [2.45, 2.75) is 111 Å². The minimum Gasteiger partial charge on any atom is -0.458 e. The van der Waals surface area contributed by atoms with Crippen LogP contribution in [0.25, 0.3) is 6.08 Å². The average Bonchev–Trinajstić information content (AvgIpc) is 3.22. The third kappa shape index (κ3) is 6.59. The van der Waals surface area contributed by atoms with E-state index in [-0.39, 0.29) is 29.8 Å². The lowest BCUT2D eigenvalue weighted by Crippen LogP contribution is -2.45. The molecule has 0 aromatic carbocycles. The quantitative estimate of drug-likeness (QED) is 0.344. The molecule has 0 bridgehead atoms. The number of Topliss-reactive ketones (excluding diaryl/α,β-unsaturated/α-hetero) is 1. The fraction of sp³-hybridized carbons (Fsp3) is 0.741. The van der Waals surface area contributed by atoms with Gasteiger partial charge in [-0.15, -0.1) is 11.3 Å². The second-order valence-electron chi connectivity index (χ2n) is 11.3. The van der Waals surface area contributed by atoms with Crippen LogP contribution in [0.15, 0.2) is 11.0 Å². The molecule has 2 N–H and O–H groups in total. The predicted molar refractivity (Wildman–Crippen MR) is 136 cm³/mol. The number of ether oxygens (including phenoxy) is 2. The van der Waals surface area contributed by atoms with Crippen LogP contribution in [0.4, 0.5) is 0 Å². The van der Waals surface area contributed by atoms with Crippen molar-refractivity contribution in [2.75, 3.05) is 0 Å². The molecule has 3 heterocycles. The number of carbonyl (C=O) groups is 2. The number of aromatic nitrogens is 1. The molecule has 2 aliphatic heterocycles. The Bertz CT molecular complexity index is 955. The fourth-order valence-electron chi connectivity index (χ4n) is 5.07. The SMILES string of the molecule is C/C(=C\c1csc(C)n1)C1C[C@@H]2O[C@]2(C)CCCC(C)C(O)C(C)C(=O)C(C)([13CH3])C(O)CC(=O)O1. The second-order valence-corrected chi connectivity index (χ2v) is 12.3. The van der Waals surface area contributed by atoms with Gasteiger partial charge in [-0.25, -0.2) is 4.98 Å². The summed E-state index contributed by atoms with van der Waals surface area (Å²) in [6.07, 6.45) is 1.98. The Kier molecular flexibility index (Phi) is 8.62. The number of aliphatic hydroxyl groups excluding tert-OH is 2. The lowest BCUT2D eigenvalue weighted by atomic mass is 9.76. The van der Waals surface area contributed by atoms with Crippen LogP contribution in [0.1, 0.15) is 84.3 Å². The predicted octanol–water partition coefficient (Wildman–Crippen LogP) is 4.48. The number of hydrogen-bond acceptors (Lipinski definition) is 8. The number of esters is 1. The number of aliphatic hydroxyl groups is 2. The van der Waals surface area contributed by atoms with E-state index in [0.717, 1.165) is 35.5 Å². The number of cyclic esters (lactones) is 1. The molecule has 6 unspecified atom stereocenters. The monoisotopic (exact) mass is 508 g/mol. The van der Waals surface area contributed by atoms with Crippen molar-refractivity contribution in [1.82, 2.24) is 4.98 Å². The number of epoxide rings is 1. The van der Waals surface area contributed by atoms with E-state index in [0.29, 0.717) is 6.42 Å². The zero-order valence-corrected chi connectivity index (χ0v) is 22.9. The Labute approximate surface area is 212 Å². The van der Waals surface area contributed by atoms with E-state index >= 15 is 0 Å². The second kappa shape index (κ2) is 10.8. The zero-order valence-electron chi connectivity index (χ0n) is 22.0. The molecule has 0 amide bonds. The third-order valence-corrected chi connectivity index (χ3v) is 8.72. The molecule has 0 aliphatic carbocycles. The van der Waals surface area contributed by atoms with Crippen LogP contribution >= 0.6 is 11.3 Å². The number of ketones is 1. The van der Waals surface area contributed by atoms with Gasteiger partial charge in [-0.1, -0.05) is 34.1 Å². The molecule has 1 aromatic heterocycles. The molecular weight excluding hydrogens is 467 g/mol. The fourth-order valence-corrected chi connectivity index (χ4v) is 5.64. The minimum atomic E-state index is -1.23. The minimum absolute atomic E-state index is 0.0455. The number of hydrogen-bond donors (Lipinski definition) is 2. The Morgan fingerprint density at radius 1 is 1.23 bits per heavy atom. The van der Waals surface area contributed by atoms with E-state index in [9.17, 15) is 19.8 Å². The first-order chi connectivity index (χ1) is 16.2. The summed E-state index contributed by atoms with van der Waals surface area (Å²) < 4.78 is 11.9. The molecule has 2 fully saturated rings. The number of carbonyl (C=O) groups excluding carboxylic acids is 2. The van der Waals surface area contributed by atoms with Crippen molar-refractivity contribution in [2.24, 2.45) is 17.3 Å². The maximum Gasteiger partial charge on any atom is 0.309 e. The molecule has 0 saturated carbocycles. The molecule has 7 nitrogen and oxygen atoms in total. The molecule has 8 heteroatoms. The van der Waals surface area contributed by atoms with Gasteiger partial charge in [0.05, 0.1) is 46.5 Å². The number of thiazole rings is 1. The number of rotatable bonds is 2. The molecule has 2 saturated heterocycles. The van der Waals surface area contributed by atoms with Gasteiger partial charge in [0.2, 0.25) is 0 Å². The Hall–Kier alpha value is -1.61. The Morgan fingerprint density at radius 2 is 1.91 bits per heavy atom. The van der Waals surface area contributed by atoms with Crippen molar-refractivity contribution in [1.29, 1.82) is 0 Å². The summed E-state index contributed by atoms with van der Waals surface area (Å²) in [6.45, 7) is 12.8. The van der Waals surface area contributed by atoms with E-state index in [4.69, 9.17) is 9.47 Å². The summed E-state index contributed by atoms with van der Waals surface area (Å²) in [5.74, 6) is -1.55. The van der Waals surface area contributed by atoms with Crippen molar-refractivity contribution in [3.63, 3.8) is 0 Å². The molecule has 196 valence electrons. The van der Waals surface area contributed by atoms with Crippen LogP contribution in [0.3, 0.4) is 0 Å². The maximum atomic E-state index is 13.2. The first-order valence-corrected chi connectivity index (χ1v) is 13.5. The van der Waals surface area contributed by atoms with Crippen LogP contribution in [-0.2, 0) is 19.1 Å². The summed E-state index contributed by atoms with van der Waals surface area (Å²) in [6, 6.07) is 0. The van der Waals surface area contributed by atoms with Gasteiger partial charge in [0, 0.05) is 17.7 Å². The highest BCUT2D eigenvalue weighted by Crippen LogP contribution is 2.45. The molecule has 1 aromatic rings. The highest BCUT2D eigenvalue weighted by Gasteiger charge is 2.53. The van der Waals surface area contributed by atoms with Crippen LogP contribution in [0.5, 0.6) is 0 Å². The van der Waals surface area contributed by atoms with Crippen molar-refractivity contribution in [3.8, 4) is 0 Å². The van der Waals surface area contributed by atoms with Crippen LogP contribution in [0.2, 0.25) is 0 Å². The normalized spacial score (nSPS) is 40.2. The lowest BCUT2D eigenvalue weighted by molar-refractivity contribution is -0.154. The van der Waals surface area contributed by atoms with Gasteiger partial charge in [0.1, 0.15) is 11.9 Å².